The Morgan fingerprint density at radius 2 is 1.95 bits per heavy atom. The second kappa shape index (κ2) is 5.12. The number of aromatic amines is 1. The van der Waals surface area contributed by atoms with Crippen LogP contribution in [0.2, 0.25) is 0 Å². The van der Waals surface area contributed by atoms with Crippen LogP contribution in [0.25, 0.3) is 0 Å². The molecule has 3 rings (SSSR count). The third-order valence-corrected chi connectivity index (χ3v) is 5.89. The van der Waals surface area contributed by atoms with Gasteiger partial charge in [-0.15, -0.1) is 0 Å². The molecule has 0 bridgehead atoms. The Kier molecular flexibility index (Phi) is 3.55. The summed E-state index contributed by atoms with van der Waals surface area (Å²) in [7, 11) is -3.11. The molecular formula is C14H21N3O3S. The quantitative estimate of drug-likeness (QED) is 0.838. The molecule has 0 aliphatic carbocycles. The maximum Gasteiger partial charge on any atom is 0.274 e. The van der Waals surface area contributed by atoms with Crippen LogP contribution in [0, 0.1) is 11.8 Å². The van der Waals surface area contributed by atoms with E-state index in [1.807, 2.05) is 4.90 Å². The zero-order chi connectivity index (χ0) is 15.2. The minimum atomic E-state index is -3.11. The van der Waals surface area contributed by atoms with Crippen molar-refractivity contribution in [3.05, 3.63) is 17.0 Å². The van der Waals surface area contributed by atoms with Gasteiger partial charge in [0.05, 0.1) is 11.5 Å². The molecule has 1 aromatic rings. The van der Waals surface area contributed by atoms with E-state index in [2.05, 4.69) is 24.0 Å². The van der Waals surface area contributed by atoms with Gasteiger partial charge in [-0.2, -0.15) is 5.10 Å². The van der Waals surface area contributed by atoms with Gasteiger partial charge < -0.3 is 4.90 Å². The molecular weight excluding hydrogens is 290 g/mol. The number of hydrogen-bond acceptors (Lipinski definition) is 4. The number of nitrogens with zero attached hydrogens (tertiary/aromatic N) is 2. The van der Waals surface area contributed by atoms with E-state index in [0.29, 0.717) is 29.5 Å². The third-order valence-electron chi connectivity index (χ3n) is 4.34. The maximum atomic E-state index is 12.7. The Morgan fingerprint density at radius 1 is 1.29 bits per heavy atom. The number of carbonyl (C=O) groups is 1. The lowest BCUT2D eigenvalue weighted by Gasteiger charge is -2.34. The SMILES string of the molecule is C[C@@H]1C[C@@H](C)CN(C(=O)c2n[nH]c3c2CS(=O)(=O)CC3)C1. The molecule has 0 radical (unpaired) electrons. The van der Waals surface area contributed by atoms with E-state index in [0.717, 1.165) is 25.2 Å². The number of likely N-dealkylation sites (tertiary alicyclic amines) is 1. The summed E-state index contributed by atoms with van der Waals surface area (Å²) in [5.41, 5.74) is 1.68. The van der Waals surface area contributed by atoms with Crippen LogP contribution in [0.4, 0.5) is 0 Å². The summed E-state index contributed by atoms with van der Waals surface area (Å²) < 4.78 is 23.6. The molecule has 2 aliphatic heterocycles. The molecule has 0 spiro atoms. The smallest absolute Gasteiger partial charge is 0.274 e. The first kappa shape index (κ1) is 14.6. The third kappa shape index (κ3) is 2.84. The van der Waals surface area contributed by atoms with Crippen LogP contribution >= 0.6 is 0 Å². The Morgan fingerprint density at radius 3 is 2.62 bits per heavy atom. The van der Waals surface area contributed by atoms with Gasteiger partial charge in [0.25, 0.3) is 5.91 Å². The molecule has 3 heterocycles. The molecule has 0 unspecified atom stereocenters. The zero-order valence-electron chi connectivity index (χ0n) is 12.4. The fraction of sp³-hybridized carbons (Fsp3) is 0.714. The number of H-pyrrole nitrogens is 1. The highest BCUT2D eigenvalue weighted by atomic mass is 32.2. The predicted octanol–water partition coefficient (Wildman–Crippen LogP) is 0.999. The maximum absolute atomic E-state index is 12.7. The van der Waals surface area contributed by atoms with Crippen molar-refractivity contribution in [3.8, 4) is 0 Å². The lowest BCUT2D eigenvalue weighted by atomic mass is 9.91. The van der Waals surface area contributed by atoms with Crippen LogP contribution in [0.3, 0.4) is 0 Å². The van der Waals surface area contributed by atoms with Gasteiger partial charge in [-0.1, -0.05) is 13.8 Å². The molecule has 1 N–H and O–H groups in total. The molecule has 1 aromatic heterocycles. The van der Waals surface area contributed by atoms with Crippen molar-refractivity contribution in [1.82, 2.24) is 15.1 Å². The number of amides is 1. The van der Waals surface area contributed by atoms with Gasteiger partial charge in [0.15, 0.2) is 15.5 Å². The standard InChI is InChI=1S/C14H21N3O3S/c1-9-5-10(2)7-17(6-9)14(18)13-11-8-21(19,20)4-3-12(11)15-16-13/h9-10H,3-8H2,1-2H3,(H,15,16)/t9-,10-/m1/s1. The van der Waals surface area contributed by atoms with Gasteiger partial charge in [-0.25, -0.2) is 8.42 Å². The molecule has 0 aromatic carbocycles. The highest BCUT2D eigenvalue weighted by molar-refractivity contribution is 7.90. The number of fused-ring (bicyclic) bond motifs is 1. The van der Waals surface area contributed by atoms with Gasteiger partial charge in [0.1, 0.15) is 0 Å². The molecule has 2 atom stereocenters. The number of rotatable bonds is 1. The van der Waals surface area contributed by atoms with Gasteiger partial charge in [-0.05, 0) is 18.3 Å². The number of piperidine rings is 1. The van der Waals surface area contributed by atoms with E-state index >= 15 is 0 Å². The first-order chi connectivity index (χ1) is 9.85. The van der Waals surface area contributed by atoms with Gasteiger partial charge in [0, 0.05) is 30.8 Å². The zero-order valence-corrected chi connectivity index (χ0v) is 13.2. The molecule has 7 heteroatoms. The predicted molar refractivity (Wildman–Crippen MR) is 78.6 cm³/mol. The number of nitrogens with one attached hydrogen (secondary N) is 1. The number of sulfone groups is 1. The lowest BCUT2D eigenvalue weighted by molar-refractivity contribution is 0.0616. The average Bonchev–Trinajstić information content (AvgIpc) is 2.78. The number of hydrogen-bond donors (Lipinski definition) is 1. The number of carbonyl (C=O) groups excluding carboxylic acids is 1. The fourth-order valence-electron chi connectivity index (χ4n) is 3.47. The van der Waals surface area contributed by atoms with E-state index < -0.39 is 9.84 Å². The van der Waals surface area contributed by atoms with Gasteiger partial charge in [0.2, 0.25) is 0 Å². The molecule has 1 amide bonds. The molecule has 116 valence electrons. The van der Waals surface area contributed by atoms with Crippen molar-refractivity contribution < 1.29 is 13.2 Å². The van der Waals surface area contributed by atoms with Crippen LogP contribution in [0.1, 0.15) is 42.0 Å². The van der Waals surface area contributed by atoms with Crippen molar-refractivity contribution in [1.29, 1.82) is 0 Å². The Balaban J connectivity index is 1.88. The summed E-state index contributed by atoms with van der Waals surface area (Å²) in [6.45, 7) is 5.72. The van der Waals surface area contributed by atoms with Crippen molar-refractivity contribution >= 4 is 15.7 Å². The summed E-state index contributed by atoms with van der Waals surface area (Å²) in [6.07, 6.45) is 1.54. The molecule has 1 fully saturated rings. The first-order valence-corrected chi connectivity index (χ1v) is 9.23. The minimum Gasteiger partial charge on any atom is -0.337 e. The van der Waals surface area contributed by atoms with Crippen LogP contribution in [-0.2, 0) is 22.0 Å². The Labute approximate surface area is 124 Å². The largest absolute Gasteiger partial charge is 0.337 e. The number of aryl methyl sites for hydroxylation is 1. The van der Waals surface area contributed by atoms with Gasteiger partial charge in [-0.3, -0.25) is 9.89 Å². The molecule has 6 nitrogen and oxygen atoms in total. The van der Waals surface area contributed by atoms with Crippen LogP contribution in [-0.4, -0.2) is 48.3 Å². The summed E-state index contributed by atoms with van der Waals surface area (Å²) >= 11 is 0. The fourth-order valence-corrected chi connectivity index (χ4v) is 4.88. The first-order valence-electron chi connectivity index (χ1n) is 7.41. The van der Waals surface area contributed by atoms with E-state index in [1.165, 1.54) is 0 Å². The monoisotopic (exact) mass is 311 g/mol. The Hall–Kier alpha value is -1.37. The average molecular weight is 311 g/mol. The molecule has 1 saturated heterocycles. The van der Waals surface area contributed by atoms with E-state index in [9.17, 15) is 13.2 Å². The highest BCUT2D eigenvalue weighted by Gasteiger charge is 2.33. The summed E-state index contributed by atoms with van der Waals surface area (Å²) in [6, 6.07) is 0. The van der Waals surface area contributed by atoms with Crippen LogP contribution in [0.15, 0.2) is 0 Å². The highest BCUT2D eigenvalue weighted by Crippen LogP contribution is 2.26. The second-order valence-corrected chi connectivity index (χ2v) is 8.71. The van der Waals surface area contributed by atoms with Crippen molar-refractivity contribution in [2.24, 2.45) is 11.8 Å². The summed E-state index contributed by atoms with van der Waals surface area (Å²) in [5.74, 6) is 0.863. The van der Waals surface area contributed by atoms with E-state index in [4.69, 9.17) is 0 Å². The van der Waals surface area contributed by atoms with Crippen LogP contribution in [0.5, 0.6) is 0 Å². The number of aromatic nitrogens is 2. The van der Waals surface area contributed by atoms with E-state index in [-0.39, 0.29) is 17.4 Å². The van der Waals surface area contributed by atoms with E-state index in [1.54, 1.807) is 0 Å². The minimum absolute atomic E-state index is 0.0706. The topological polar surface area (TPSA) is 83.1 Å². The lowest BCUT2D eigenvalue weighted by Crippen LogP contribution is -2.43. The van der Waals surface area contributed by atoms with Crippen molar-refractivity contribution in [3.63, 3.8) is 0 Å². The normalized spacial score (nSPS) is 28.2. The summed E-state index contributed by atoms with van der Waals surface area (Å²) in [4.78, 5) is 14.5. The Bertz CT molecular complexity index is 655. The molecule has 21 heavy (non-hydrogen) atoms. The van der Waals surface area contributed by atoms with Crippen LogP contribution < -0.4 is 0 Å². The molecule has 0 saturated carbocycles. The van der Waals surface area contributed by atoms with Crippen molar-refractivity contribution in [2.75, 3.05) is 18.8 Å². The second-order valence-electron chi connectivity index (χ2n) is 6.53. The molecule has 2 aliphatic rings. The van der Waals surface area contributed by atoms with Crippen molar-refractivity contribution in [2.45, 2.75) is 32.4 Å². The van der Waals surface area contributed by atoms with Gasteiger partial charge >= 0.3 is 0 Å². The summed E-state index contributed by atoms with van der Waals surface area (Å²) in [5, 5.41) is 6.95.